The van der Waals surface area contributed by atoms with Crippen molar-refractivity contribution < 1.29 is 4.79 Å². The highest BCUT2D eigenvalue weighted by Crippen LogP contribution is 2.30. The number of nitrogens with one attached hydrogen (secondary N) is 2. The molecule has 1 amide bonds. The molecule has 1 saturated carbocycles. The van der Waals surface area contributed by atoms with Crippen LogP contribution in [0.1, 0.15) is 36.2 Å². The highest BCUT2D eigenvalue weighted by molar-refractivity contribution is 7.12. The summed E-state index contributed by atoms with van der Waals surface area (Å²) in [5.41, 5.74) is 13.5. The predicted octanol–water partition coefficient (Wildman–Crippen LogP) is 2.80. The minimum Gasteiger partial charge on any atom is -0.364 e. The molecule has 2 atom stereocenters. The molecule has 4 aromatic rings. The molecule has 0 bridgehead atoms. The highest BCUT2D eigenvalue weighted by atomic mass is 32.1. The van der Waals surface area contributed by atoms with E-state index in [1.807, 2.05) is 40.4 Å². The van der Waals surface area contributed by atoms with Gasteiger partial charge in [-0.05, 0) is 31.0 Å². The number of rotatable bonds is 6. The van der Waals surface area contributed by atoms with E-state index >= 15 is 0 Å². The van der Waals surface area contributed by atoms with Gasteiger partial charge in [0.15, 0.2) is 16.6 Å². The first kappa shape index (κ1) is 20.3. The van der Waals surface area contributed by atoms with E-state index in [-0.39, 0.29) is 23.6 Å². The molecule has 164 valence electrons. The van der Waals surface area contributed by atoms with Crippen molar-refractivity contribution in [3.63, 3.8) is 0 Å². The van der Waals surface area contributed by atoms with Gasteiger partial charge < -0.3 is 22.1 Å². The summed E-state index contributed by atoms with van der Waals surface area (Å²) in [7, 11) is 0. The Bertz CT molecular complexity index is 1250. The number of carbonyl (C=O) groups excluding carboxylic acids is 1. The van der Waals surface area contributed by atoms with Gasteiger partial charge in [0, 0.05) is 40.9 Å². The second-order valence-corrected chi connectivity index (χ2v) is 8.63. The van der Waals surface area contributed by atoms with Crippen molar-refractivity contribution in [1.29, 1.82) is 0 Å². The molecule has 1 fully saturated rings. The zero-order valence-corrected chi connectivity index (χ0v) is 18.0. The maximum Gasteiger partial charge on any atom is 0.273 e. The van der Waals surface area contributed by atoms with Gasteiger partial charge in [-0.1, -0.05) is 18.9 Å². The second kappa shape index (κ2) is 8.52. The summed E-state index contributed by atoms with van der Waals surface area (Å²) < 4.78 is 2.01. The summed E-state index contributed by atoms with van der Waals surface area (Å²) in [5, 5.41) is 18.3. The van der Waals surface area contributed by atoms with Crippen molar-refractivity contribution in [3.8, 4) is 5.13 Å². The first-order chi connectivity index (χ1) is 15.6. The fraction of sp³-hybridized carbons (Fsp3) is 0.286. The van der Waals surface area contributed by atoms with Gasteiger partial charge in [-0.2, -0.15) is 4.98 Å². The summed E-state index contributed by atoms with van der Waals surface area (Å²) in [6.45, 7) is 0. The van der Waals surface area contributed by atoms with E-state index < -0.39 is 5.91 Å². The molecule has 0 saturated heterocycles. The Labute approximate surface area is 188 Å². The lowest BCUT2D eigenvalue weighted by atomic mass is 9.91. The molecule has 0 aliphatic heterocycles. The van der Waals surface area contributed by atoms with Crippen molar-refractivity contribution in [2.75, 3.05) is 10.6 Å². The van der Waals surface area contributed by atoms with Crippen LogP contribution >= 0.6 is 11.3 Å². The van der Waals surface area contributed by atoms with Gasteiger partial charge in [0.2, 0.25) is 5.95 Å². The number of nitrogens with two attached hydrogens (primary N) is 2. The van der Waals surface area contributed by atoms with Gasteiger partial charge in [-0.25, -0.2) is 4.98 Å². The van der Waals surface area contributed by atoms with Gasteiger partial charge in [0.1, 0.15) is 0 Å². The van der Waals surface area contributed by atoms with Crippen molar-refractivity contribution in [2.45, 2.75) is 37.8 Å². The largest absolute Gasteiger partial charge is 0.364 e. The third-order valence-corrected chi connectivity index (χ3v) is 6.44. The zero-order chi connectivity index (χ0) is 22.1. The molecular formula is C21H23N9OS. The average molecular weight is 450 g/mol. The van der Waals surface area contributed by atoms with Gasteiger partial charge >= 0.3 is 0 Å². The van der Waals surface area contributed by atoms with E-state index in [9.17, 15) is 4.79 Å². The van der Waals surface area contributed by atoms with Crippen LogP contribution in [0.25, 0.3) is 16.0 Å². The van der Waals surface area contributed by atoms with Gasteiger partial charge in [-0.3, -0.25) is 9.36 Å². The van der Waals surface area contributed by atoms with E-state index in [0.717, 1.165) is 47.4 Å². The molecule has 1 unspecified atom stereocenters. The lowest BCUT2D eigenvalue weighted by Crippen LogP contribution is -2.43. The maximum atomic E-state index is 12.0. The third-order valence-electron chi connectivity index (χ3n) is 5.67. The fourth-order valence-corrected chi connectivity index (χ4v) is 4.69. The van der Waals surface area contributed by atoms with E-state index in [0.29, 0.717) is 5.95 Å². The van der Waals surface area contributed by atoms with Crippen molar-refractivity contribution in [2.24, 2.45) is 11.5 Å². The molecule has 1 aliphatic carbocycles. The van der Waals surface area contributed by atoms with E-state index in [1.165, 1.54) is 0 Å². The van der Waals surface area contributed by atoms with Crippen LogP contribution in [0, 0.1) is 0 Å². The maximum absolute atomic E-state index is 12.0. The van der Waals surface area contributed by atoms with Crippen LogP contribution in [0.2, 0.25) is 0 Å². The summed E-state index contributed by atoms with van der Waals surface area (Å²) in [6.07, 6.45) is 7.84. The number of primary amides is 1. The lowest BCUT2D eigenvalue weighted by Gasteiger charge is -2.29. The number of aromatic nitrogens is 5. The third kappa shape index (κ3) is 3.87. The molecule has 0 spiro atoms. The van der Waals surface area contributed by atoms with Crippen molar-refractivity contribution in [1.82, 2.24) is 24.7 Å². The van der Waals surface area contributed by atoms with Crippen molar-refractivity contribution >= 4 is 45.6 Å². The van der Waals surface area contributed by atoms with Crippen LogP contribution in [0.15, 0.2) is 42.0 Å². The van der Waals surface area contributed by atoms with Crippen LogP contribution < -0.4 is 22.1 Å². The number of benzene rings is 1. The molecule has 11 heteroatoms. The Hall–Kier alpha value is -3.57. The summed E-state index contributed by atoms with van der Waals surface area (Å²) in [6, 6.07) is 7.91. The summed E-state index contributed by atoms with van der Waals surface area (Å²) >= 11 is 1.55. The Balaban J connectivity index is 1.49. The lowest BCUT2D eigenvalue weighted by molar-refractivity contribution is 0.0995. The van der Waals surface area contributed by atoms with Crippen LogP contribution in [-0.2, 0) is 0 Å². The SMILES string of the molecule is NC(=O)c1nnc(NC2CCCC[C@@H]2N)nc1Nc1cccc2c1ccn2-c1nccs1. The standard InChI is InChI=1S/C21H23N9OS/c22-13-4-1-2-5-15(13)26-20-27-19(17(18(23)31)28-29-20)25-14-6-3-7-16-12(14)8-10-30(16)21-24-9-11-32-21/h3,6-11,13,15H,1-2,4-5,22H2,(H2,23,31)(H2,25,26,27,29)/t13-,15?/m0/s1. The second-order valence-electron chi connectivity index (χ2n) is 7.76. The predicted molar refractivity (Wildman–Crippen MR) is 124 cm³/mol. The van der Waals surface area contributed by atoms with Crippen LogP contribution in [0.3, 0.4) is 0 Å². The monoisotopic (exact) mass is 449 g/mol. The van der Waals surface area contributed by atoms with E-state index in [1.54, 1.807) is 17.5 Å². The topological polar surface area (TPSA) is 150 Å². The normalized spacial score (nSPS) is 18.5. The molecular weight excluding hydrogens is 426 g/mol. The Morgan fingerprint density at radius 3 is 2.84 bits per heavy atom. The molecule has 32 heavy (non-hydrogen) atoms. The molecule has 6 N–H and O–H groups in total. The molecule has 5 rings (SSSR count). The number of anilines is 3. The minimum atomic E-state index is -0.707. The quantitative estimate of drug-likeness (QED) is 0.351. The zero-order valence-electron chi connectivity index (χ0n) is 17.2. The highest BCUT2D eigenvalue weighted by Gasteiger charge is 2.24. The van der Waals surface area contributed by atoms with E-state index in [4.69, 9.17) is 11.5 Å². The Morgan fingerprint density at radius 2 is 2.06 bits per heavy atom. The van der Waals surface area contributed by atoms with Gasteiger partial charge in [0.25, 0.3) is 5.91 Å². The number of nitrogens with zero attached hydrogens (tertiary/aromatic N) is 5. The van der Waals surface area contributed by atoms with Crippen LogP contribution in [0.5, 0.6) is 0 Å². The fourth-order valence-electron chi connectivity index (χ4n) is 4.05. The number of hydrogen-bond acceptors (Lipinski definition) is 9. The average Bonchev–Trinajstić information content (AvgIpc) is 3.45. The summed E-state index contributed by atoms with van der Waals surface area (Å²) in [5.74, 6) is -0.151. The Morgan fingerprint density at radius 1 is 1.19 bits per heavy atom. The molecule has 1 aromatic carbocycles. The van der Waals surface area contributed by atoms with Gasteiger partial charge in [-0.15, -0.1) is 21.5 Å². The number of thiazole rings is 1. The molecule has 3 heterocycles. The first-order valence-electron chi connectivity index (χ1n) is 10.4. The Kier molecular flexibility index (Phi) is 5.41. The van der Waals surface area contributed by atoms with Crippen molar-refractivity contribution in [3.05, 3.63) is 47.7 Å². The van der Waals surface area contributed by atoms with E-state index in [2.05, 4.69) is 30.8 Å². The number of amides is 1. The summed E-state index contributed by atoms with van der Waals surface area (Å²) in [4.78, 5) is 20.9. The molecule has 10 nitrogen and oxygen atoms in total. The first-order valence-corrected chi connectivity index (χ1v) is 11.3. The number of carbonyl (C=O) groups is 1. The minimum absolute atomic E-state index is 0.0268. The number of fused-ring (bicyclic) bond motifs is 1. The van der Waals surface area contributed by atoms with Crippen LogP contribution in [0.4, 0.5) is 17.5 Å². The van der Waals surface area contributed by atoms with Gasteiger partial charge in [0.05, 0.1) is 5.52 Å². The number of hydrogen-bond donors (Lipinski definition) is 4. The molecule has 0 radical (unpaired) electrons. The smallest absolute Gasteiger partial charge is 0.273 e. The molecule has 1 aliphatic rings. The molecule has 3 aromatic heterocycles. The van der Waals surface area contributed by atoms with Crippen LogP contribution in [-0.4, -0.2) is 42.7 Å².